The SMILES string of the molecule is CCNC(=O)NC(=O)[C@@H](OC(=O)CCC1CCCC1)c1ccccc1. The second-order valence-electron chi connectivity index (χ2n) is 6.32. The van der Waals surface area contributed by atoms with Crippen LogP contribution in [0.2, 0.25) is 0 Å². The zero-order chi connectivity index (χ0) is 18.1. The maximum Gasteiger partial charge on any atom is 0.321 e. The Morgan fingerprint density at radius 2 is 1.84 bits per heavy atom. The van der Waals surface area contributed by atoms with Gasteiger partial charge in [0.2, 0.25) is 6.10 Å². The van der Waals surface area contributed by atoms with Gasteiger partial charge in [-0.3, -0.25) is 14.9 Å². The van der Waals surface area contributed by atoms with E-state index in [0.717, 1.165) is 19.3 Å². The van der Waals surface area contributed by atoms with E-state index in [9.17, 15) is 14.4 Å². The van der Waals surface area contributed by atoms with Gasteiger partial charge in [0.1, 0.15) is 0 Å². The van der Waals surface area contributed by atoms with Crippen molar-refractivity contribution in [2.75, 3.05) is 6.54 Å². The highest BCUT2D eigenvalue weighted by Gasteiger charge is 2.27. The number of urea groups is 1. The number of esters is 1. The number of carbonyl (C=O) groups excluding carboxylic acids is 3. The molecule has 0 bridgehead atoms. The molecule has 1 fully saturated rings. The van der Waals surface area contributed by atoms with Crippen LogP contribution in [0.3, 0.4) is 0 Å². The molecule has 25 heavy (non-hydrogen) atoms. The highest BCUT2D eigenvalue weighted by Crippen LogP contribution is 2.29. The van der Waals surface area contributed by atoms with Gasteiger partial charge in [-0.1, -0.05) is 56.0 Å². The molecule has 3 amide bonds. The van der Waals surface area contributed by atoms with Gasteiger partial charge in [0.25, 0.3) is 5.91 Å². The second-order valence-corrected chi connectivity index (χ2v) is 6.32. The zero-order valence-electron chi connectivity index (χ0n) is 14.6. The van der Waals surface area contributed by atoms with Crippen molar-refractivity contribution in [3.63, 3.8) is 0 Å². The van der Waals surface area contributed by atoms with E-state index < -0.39 is 24.0 Å². The smallest absolute Gasteiger partial charge is 0.321 e. The van der Waals surface area contributed by atoms with E-state index in [4.69, 9.17) is 4.74 Å². The molecule has 136 valence electrons. The average molecular weight is 346 g/mol. The van der Waals surface area contributed by atoms with Gasteiger partial charge in [-0.05, 0) is 19.3 Å². The fraction of sp³-hybridized carbons (Fsp3) is 0.526. The Hall–Kier alpha value is -2.37. The van der Waals surface area contributed by atoms with Crippen LogP contribution in [0.4, 0.5) is 4.79 Å². The van der Waals surface area contributed by atoms with Crippen molar-refractivity contribution >= 4 is 17.9 Å². The predicted molar refractivity (Wildman–Crippen MR) is 93.7 cm³/mol. The van der Waals surface area contributed by atoms with Crippen LogP contribution in [0.25, 0.3) is 0 Å². The van der Waals surface area contributed by atoms with Gasteiger partial charge >= 0.3 is 12.0 Å². The maximum absolute atomic E-state index is 12.4. The highest BCUT2D eigenvalue weighted by molar-refractivity contribution is 5.97. The molecule has 1 aromatic carbocycles. The normalized spacial score (nSPS) is 15.4. The van der Waals surface area contributed by atoms with Gasteiger partial charge in [0, 0.05) is 18.5 Å². The van der Waals surface area contributed by atoms with Crippen LogP contribution in [0.1, 0.15) is 57.1 Å². The van der Waals surface area contributed by atoms with Crippen molar-refractivity contribution in [1.82, 2.24) is 10.6 Å². The maximum atomic E-state index is 12.4. The number of benzene rings is 1. The summed E-state index contributed by atoms with van der Waals surface area (Å²) >= 11 is 0. The molecule has 1 aromatic rings. The van der Waals surface area contributed by atoms with Crippen LogP contribution in [0.15, 0.2) is 30.3 Å². The third kappa shape index (κ3) is 6.21. The minimum absolute atomic E-state index is 0.294. The number of hydrogen-bond donors (Lipinski definition) is 2. The molecule has 6 heteroatoms. The third-order valence-corrected chi connectivity index (χ3v) is 4.40. The lowest BCUT2D eigenvalue weighted by atomic mass is 10.0. The highest BCUT2D eigenvalue weighted by atomic mass is 16.5. The second kappa shape index (κ2) is 9.81. The van der Waals surface area contributed by atoms with Crippen molar-refractivity contribution in [2.45, 2.75) is 51.6 Å². The molecule has 0 saturated heterocycles. The molecule has 1 saturated carbocycles. The summed E-state index contributed by atoms with van der Waals surface area (Å²) in [5.74, 6) is -0.481. The number of amides is 3. The molecule has 1 aliphatic rings. The Kier molecular flexibility index (Phi) is 7.44. The first kappa shape index (κ1) is 19.0. The molecule has 2 rings (SSSR count). The van der Waals surface area contributed by atoms with E-state index in [-0.39, 0.29) is 0 Å². The quantitative estimate of drug-likeness (QED) is 0.743. The van der Waals surface area contributed by atoms with E-state index in [1.54, 1.807) is 31.2 Å². The predicted octanol–water partition coefficient (Wildman–Crippen LogP) is 3.09. The molecule has 1 aliphatic carbocycles. The topological polar surface area (TPSA) is 84.5 Å². The minimum atomic E-state index is -1.13. The van der Waals surface area contributed by atoms with Crippen molar-refractivity contribution in [1.29, 1.82) is 0 Å². The van der Waals surface area contributed by atoms with Gasteiger partial charge in [0.05, 0.1) is 0 Å². The molecule has 6 nitrogen and oxygen atoms in total. The number of nitrogens with one attached hydrogen (secondary N) is 2. The molecule has 0 unspecified atom stereocenters. The van der Waals surface area contributed by atoms with Crippen LogP contribution >= 0.6 is 0 Å². The van der Waals surface area contributed by atoms with Crippen LogP contribution in [0, 0.1) is 5.92 Å². The van der Waals surface area contributed by atoms with Gasteiger partial charge < -0.3 is 10.1 Å². The summed E-state index contributed by atoms with van der Waals surface area (Å²) in [6.07, 6.45) is 4.73. The van der Waals surface area contributed by atoms with Crippen molar-refractivity contribution < 1.29 is 19.1 Å². The Labute approximate surface area is 148 Å². The summed E-state index contributed by atoms with van der Waals surface area (Å²) in [4.78, 5) is 36.2. The first-order chi connectivity index (χ1) is 12.1. The summed E-state index contributed by atoms with van der Waals surface area (Å²) in [6.45, 7) is 2.15. The van der Waals surface area contributed by atoms with E-state index in [1.165, 1.54) is 12.8 Å². The standard InChI is InChI=1S/C19H26N2O4/c1-2-20-19(24)21-18(23)17(15-10-4-3-5-11-15)25-16(22)13-12-14-8-6-7-9-14/h3-5,10-11,14,17H,2,6-9,12-13H2,1H3,(H2,20,21,23,24)/t17-/m0/s1. The summed E-state index contributed by atoms with van der Waals surface area (Å²) in [6, 6.07) is 8.13. The van der Waals surface area contributed by atoms with Gasteiger partial charge in [0.15, 0.2) is 0 Å². The zero-order valence-corrected chi connectivity index (χ0v) is 14.6. The number of imide groups is 1. The van der Waals surface area contributed by atoms with E-state index in [0.29, 0.717) is 24.4 Å². The molecule has 2 N–H and O–H groups in total. The fourth-order valence-electron chi connectivity index (χ4n) is 3.09. The largest absolute Gasteiger partial charge is 0.447 e. The number of rotatable bonds is 7. The number of hydrogen-bond acceptors (Lipinski definition) is 4. The number of ether oxygens (including phenoxy) is 1. The lowest BCUT2D eigenvalue weighted by molar-refractivity contribution is -0.156. The monoisotopic (exact) mass is 346 g/mol. The average Bonchev–Trinajstić information content (AvgIpc) is 3.12. The summed E-state index contributed by atoms with van der Waals surface area (Å²) in [5.41, 5.74) is 0.540. The van der Waals surface area contributed by atoms with E-state index in [1.807, 2.05) is 6.07 Å². The van der Waals surface area contributed by atoms with Gasteiger partial charge in [-0.25, -0.2) is 4.79 Å². The van der Waals surface area contributed by atoms with Crippen LogP contribution in [0.5, 0.6) is 0 Å². The fourth-order valence-corrected chi connectivity index (χ4v) is 3.09. The van der Waals surface area contributed by atoms with Gasteiger partial charge in [-0.15, -0.1) is 0 Å². The third-order valence-electron chi connectivity index (χ3n) is 4.40. The Morgan fingerprint density at radius 3 is 2.48 bits per heavy atom. The van der Waals surface area contributed by atoms with Crippen molar-refractivity contribution in [2.24, 2.45) is 5.92 Å². The first-order valence-electron chi connectivity index (χ1n) is 8.93. The molecule has 0 spiro atoms. The Balaban J connectivity index is 1.97. The Morgan fingerprint density at radius 1 is 1.16 bits per heavy atom. The lowest BCUT2D eigenvalue weighted by Gasteiger charge is -2.18. The van der Waals surface area contributed by atoms with Crippen molar-refractivity contribution in [3.8, 4) is 0 Å². The first-order valence-corrected chi connectivity index (χ1v) is 8.93. The number of carbonyl (C=O) groups is 3. The van der Waals surface area contributed by atoms with Crippen LogP contribution in [-0.2, 0) is 14.3 Å². The van der Waals surface area contributed by atoms with E-state index >= 15 is 0 Å². The van der Waals surface area contributed by atoms with Crippen LogP contribution in [-0.4, -0.2) is 24.5 Å². The molecule has 0 heterocycles. The van der Waals surface area contributed by atoms with E-state index in [2.05, 4.69) is 10.6 Å². The summed E-state index contributed by atoms with van der Waals surface area (Å²) in [7, 11) is 0. The lowest BCUT2D eigenvalue weighted by Crippen LogP contribution is -2.42. The minimum Gasteiger partial charge on any atom is -0.447 e. The summed E-state index contributed by atoms with van der Waals surface area (Å²) in [5, 5.41) is 4.70. The Bertz CT molecular complexity index is 582. The van der Waals surface area contributed by atoms with Crippen LogP contribution < -0.4 is 10.6 Å². The molecular weight excluding hydrogens is 320 g/mol. The molecular formula is C19H26N2O4. The molecule has 1 atom stereocenters. The van der Waals surface area contributed by atoms with Crippen molar-refractivity contribution in [3.05, 3.63) is 35.9 Å². The molecule has 0 radical (unpaired) electrons. The summed E-state index contributed by atoms with van der Waals surface area (Å²) < 4.78 is 5.41. The molecule has 0 aliphatic heterocycles. The van der Waals surface area contributed by atoms with Gasteiger partial charge in [-0.2, -0.15) is 0 Å². The molecule has 0 aromatic heterocycles.